The molecule has 1 amide bonds. The molecule has 1 N–H and O–H groups in total. The van der Waals surface area contributed by atoms with Gasteiger partial charge in [-0.05, 0) is 37.1 Å². The third-order valence-corrected chi connectivity index (χ3v) is 4.72. The van der Waals surface area contributed by atoms with E-state index in [0.29, 0.717) is 31.3 Å². The summed E-state index contributed by atoms with van der Waals surface area (Å²) in [5, 5.41) is 9.12. The number of carboxylic acids is 1. The van der Waals surface area contributed by atoms with Crippen LogP contribution in [0.3, 0.4) is 0 Å². The Labute approximate surface area is 164 Å². The molecule has 2 aromatic rings. The van der Waals surface area contributed by atoms with E-state index in [0.717, 1.165) is 11.1 Å². The van der Waals surface area contributed by atoms with Gasteiger partial charge >= 0.3 is 5.97 Å². The van der Waals surface area contributed by atoms with Gasteiger partial charge in [-0.3, -0.25) is 9.59 Å². The first kappa shape index (κ1) is 19.7. The lowest BCUT2D eigenvalue weighted by molar-refractivity contribution is -0.141. The summed E-state index contributed by atoms with van der Waals surface area (Å²) in [5.74, 6) is -0.427. The van der Waals surface area contributed by atoms with Crippen LogP contribution in [-0.4, -0.2) is 35.0 Å². The molecule has 0 aromatic heterocycles. The number of carbonyl (C=O) groups excluding carboxylic acids is 1. The van der Waals surface area contributed by atoms with Gasteiger partial charge in [0, 0.05) is 19.5 Å². The lowest BCUT2D eigenvalue weighted by atomic mass is 10.1. The van der Waals surface area contributed by atoms with Crippen LogP contribution in [0.25, 0.3) is 0 Å². The summed E-state index contributed by atoms with van der Waals surface area (Å²) in [5.41, 5.74) is 3.14. The minimum Gasteiger partial charge on any atom is -0.490 e. The largest absolute Gasteiger partial charge is 0.490 e. The molecule has 3 rings (SSSR count). The van der Waals surface area contributed by atoms with Crippen molar-refractivity contribution in [2.45, 2.75) is 33.4 Å². The van der Waals surface area contributed by atoms with Gasteiger partial charge in [0.1, 0.15) is 6.61 Å². The lowest BCUT2D eigenvalue weighted by Gasteiger charge is -2.18. The number of aryl methyl sites for hydroxylation is 1. The van der Waals surface area contributed by atoms with E-state index in [2.05, 4.69) is 6.07 Å². The Hall–Kier alpha value is -3.02. The highest BCUT2D eigenvalue weighted by molar-refractivity contribution is 5.86. The number of nitrogens with zero attached hydrogens (tertiary/aromatic N) is 1. The Kier molecular flexibility index (Phi) is 6.19. The minimum atomic E-state index is -0.925. The van der Waals surface area contributed by atoms with Crippen molar-refractivity contribution in [1.82, 2.24) is 4.90 Å². The summed E-state index contributed by atoms with van der Waals surface area (Å²) >= 11 is 0. The van der Waals surface area contributed by atoms with Crippen molar-refractivity contribution in [2.75, 3.05) is 13.2 Å². The predicted octanol–water partition coefficient (Wildman–Crippen LogP) is 3.41. The number of amides is 1. The SMILES string of the molecule is CCOc1cc(CN2CC(C(=O)O)CC2=O)ccc1OCc1cccc(C)c1. The maximum atomic E-state index is 12.1. The number of carbonyl (C=O) groups is 2. The number of rotatable bonds is 8. The highest BCUT2D eigenvalue weighted by atomic mass is 16.5. The van der Waals surface area contributed by atoms with Crippen molar-refractivity contribution in [1.29, 1.82) is 0 Å². The molecule has 1 saturated heterocycles. The zero-order valence-corrected chi connectivity index (χ0v) is 16.2. The van der Waals surface area contributed by atoms with Crippen LogP contribution >= 0.6 is 0 Å². The Morgan fingerprint density at radius 3 is 2.64 bits per heavy atom. The molecule has 0 aliphatic carbocycles. The van der Waals surface area contributed by atoms with E-state index in [1.54, 1.807) is 4.90 Å². The first-order chi connectivity index (χ1) is 13.5. The van der Waals surface area contributed by atoms with Gasteiger partial charge in [0.05, 0.1) is 12.5 Å². The van der Waals surface area contributed by atoms with Crippen LogP contribution in [0.1, 0.15) is 30.0 Å². The molecule has 6 nitrogen and oxygen atoms in total. The van der Waals surface area contributed by atoms with Crippen molar-refractivity contribution in [2.24, 2.45) is 5.92 Å². The standard InChI is InChI=1S/C22H25NO5/c1-3-27-20-10-16(12-23-13-18(22(25)26)11-21(23)24)7-8-19(20)28-14-17-6-4-5-15(2)9-17/h4-10,18H,3,11-14H2,1-2H3,(H,25,26). The smallest absolute Gasteiger partial charge is 0.308 e. The summed E-state index contributed by atoms with van der Waals surface area (Å²) in [6.45, 7) is 5.47. The third kappa shape index (κ3) is 4.82. The van der Waals surface area contributed by atoms with E-state index < -0.39 is 11.9 Å². The number of likely N-dealkylation sites (tertiary alicyclic amines) is 1. The molecule has 1 unspecified atom stereocenters. The van der Waals surface area contributed by atoms with Crippen molar-refractivity contribution in [3.05, 3.63) is 59.2 Å². The van der Waals surface area contributed by atoms with Gasteiger partial charge in [-0.25, -0.2) is 0 Å². The number of benzene rings is 2. The number of carboxylic acid groups (broad SMARTS) is 1. The molecule has 1 heterocycles. The minimum absolute atomic E-state index is 0.0609. The average Bonchev–Trinajstić information content (AvgIpc) is 3.02. The van der Waals surface area contributed by atoms with Gasteiger partial charge < -0.3 is 19.5 Å². The van der Waals surface area contributed by atoms with E-state index >= 15 is 0 Å². The number of aliphatic carboxylic acids is 1. The Bertz CT molecular complexity index is 864. The molecule has 148 valence electrons. The van der Waals surface area contributed by atoms with Crippen molar-refractivity contribution < 1.29 is 24.2 Å². The van der Waals surface area contributed by atoms with Gasteiger partial charge in [0.2, 0.25) is 5.91 Å². The molecule has 0 saturated carbocycles. The lowest BCUT2D eigenvalue weighted by Crippen LogP contribution is -2.25. The maximum absolute atomic E-state index is 12.1. The maximum Gasteiger partial charge on any atom is 0.308 e. The third-order valence-electron chi connectivity index (χ3n) is 4.72. The predicted molar refractivity (Wildman–Crippen MR) is 104 cm³/mol. The fourth-order valence-corrected chi connectivity index (χ4v) is 3.31. The molecule has 1 atom stereocenters. The molecular weight excluding hydrogens is 358 g/mol. The van der Waals surface area contributed by atoms with E-state index in [1.807, 2.05) is 50.2 Å². The van der Waals surface area contributed by atoms with Gasteiger partial charge in [-0.2, -0.15) is 0 Å². The van der Waals surface area contributed by atoms with Crippen LogP contribution in [0.4, 0.5) is 0 Å². The normalized spacial score (nSPS) is 16.3. The zero-order chi connectivity index (χ0) is 20.1. The summed E-state index contributed by atoms with van der Waals surface area (Å²) < 4.78 is 11.7. The van der Waals surface area contributed by atoms with Crippen LogP contribution in [-0.2, 0) is 22.7 Å². The first-order valence-corrected chi connectivity index (χ1v) is 9.41. The molecule has 6 heteroatoms. The molecule has 0 radical (unpaired) electrons. The topological polar surface area (TPSA) is 76.1 Å². The Balaban J connectivity index is 1.70. The van der Waals surface area contributed by atoms with Gasteiger partial charge in [-0.15, -0.1) is 0 Å². The molecule has 1 aliphatic heterocycles. The van der Waals surface area contributed by atoms with E-state index in [1.165, 1.54) is 5.56 Å². The van der Waals surface area contributed by atoms with Gasteiger partial charge in [0.15, 0.2) is 11.5 Å². The highest BCUT2D eigenvalue weighted by Crippen LogP contribution is 2.31. The van der Waals surface area contributed by atoms with Gasteiger partial charge in [-0.1, -0.05) is 35.9 Å². The zero-order valence-electron chi connectivity index (χ0n) is 16.2. The molecule has 0 spiro atoms. The molecule has 1 fully saturated rings. The fraction of sp³-hybridized carbons (Fsp3) is 0.364. The van der Waals surface area contributed by atoms with Crippen molar-refractivity contribution >= 4 is 11.9 Å². The number of hydrogen-bond donors (Lipinski definition) is 1. The second-order valence-corrected chi connectivity index (χ2v) is 7.01. The fourth-order valence-electron chi connectivity index (χ4n) is 3.31. The van der Waals surface area contributed by atoms with E-state index in [9.17, 15) is 9.59 Å². The van der Waals surface area contributed by atoms with Crippen LogP contribution < -0.4 is 9.47 Å². The van der Waals surface area contributed by atoms with E-state index in [-0.39, 0.29) is 18.9 Å². The first-order valence-electron chi connectivity index (χ1n) is 9.41. The van der Waals surface area contributed by atoms with Crippen LogP contribution in [0, 0.1) is 12.8 Å². The van der Waals surface area contributed by atoms with E-state index in [4.69, 9.17) is 14.6 Å². The monoisotopic (exact) mass is 383 g/mol. The molecule has 1 aliphatic rings. The summed E-state index contributed by atoms with van der Waals surface area (Å²) in [4.78, 5) is 24.8. The molecular formula is C22H25NO5. The summed E-state index contributed by atoms with van der Waals surface area (Å²) in [6.07, 6.45) is 0.0609. The quantitative estimate of drug-likeness (QED) is 0.756. The molecule has 28 heavy (non-hydrogen) atoms. The molecule has 2 aromatic carbocycles. The number of ether oxygens (including phenoxy) is 2. The van der Waals surface area contributed by atoms with Crippen molar-refractivity contribution in [3.8, 4) is 11.5 Å². The van der Waals surface area contributed by atoms with Crippen LogP contribution in [0.2, 0.25) is 0 Å². The van der Waals surface area contributed by atoms with Gasteiger partial charge in [0.25, 0.3) is 0 Å². The van der Waals surface area contributed by atoms with Crippen LogP contribution in [0.5, 0.6) is 11.5 Å². The summed E-state index contributed by atoms with van der Waals surface area (Å²) in [6, 6.07) is 13.7. The highest BCUT2D eigenvalue weighted by Gasteiger charge is 2.34. The Morgan fingerprint density at radius 2 is 1.96 bits per heavy atom. The summed E-state index contributed by atoms with van der Waals surface area (Å²) in [7, 11) is 0. The molecule has 0 bridgehead atoms. The van der Waals surface area contributed by atoms with Crippen molar-refractivity contribution in [3.63, 3.8) is 0 Å². The second-order valence-electron chi connectivity index (χ2n) is 7.01. The Morgan fingerprint density at radius 1 is 1.14 bits per heavy atom. The average molecular weight is 383 g/mol. The van der Waals surface area contributed by atoms with Crippen LogP contribution in [0.15, 0.2) is 42.5 Å². The number of hydrogen-bond acceptors (Lipinski definition) is 4. The second kappa shape index (κ2) is 8.78.